The molecule has 0 amide bonds. The van der Waals surface area contributed by atoms with Crippen LogP contribution < -0.4 is 5.73 Å². The summed E-state index contributed by atoms with van der Waals surface area (Å²) in [6, 6.07) is 1.99. The average Bonchev–Trinajstić information content (AvgIpc) is 2.61. The molecule has 0 saturated heterocycles. The van der Waals surface area contributed by atoms with Crippen molar-refractivity contribution in [2.45, 2.75) is 25.9 Å². The molecule has 1 atom stereocenters. The first kappa shape index (κ1) is 12.3. The number of rotatable bonds is 5. The molecule has 0 bridgehead atoms. The Hall–Kier alpha value is -0.810. The van der Waals surface area contributed by atoms with Gasteiger partial charge in [0, 0.05) is 31.2 Å². The lowest BCUT2D eigenvalue weighted by Gasteiger charge is -2.05. The summed E-state index contributed by atoms with van der Waals surface area (Å²) in [6.45, 7) is 2.52. The van der Waals surface area contributed by atoms with Gasteiger partial charge in [0.15, 0.2) is 0 Å². The molecular formula is C10H18N2O2S. The summed E-state index contributed by atoms with van der Waals surface area (Å²) < 4.78 is 23.8. The summed E-state index contributed by atoms with van der Waals surface area (Å²) in [7, 11) is -2.89. The molecule has 2 N–H and O–H groups in total. The van der Waals surface area contributed by atoms with Crippen molar-refractivity contribution in [2.24, 2.45) is 5.73 Å². The van der Waals surface area contributed by atoms with Crippen LogP contribution in [-0.4, -0.2) is 25.0 Å². The first-order valence-electron chi connectivity index (χ1n) is 5.01. The van der Waals surface area contributed by atoms with Crippen LogP contribution in [0.4, 0.5) is 0 Å². The number of aromatic nitrogens is 1. The summed E-state index contributed by atoms with van der Waals surface area (Å²) >= 11 is 0. The van der Waals surface area contributed by atoms with Gasteiger partial charge in [-0.05, 0) is 18.1 Å². The van der Waals surface area contributed by atoms with Crippen LogP contribution in [0.2, 0.25) is 0 Å². The van der Waals surface area contributed by atoms with Crippen LogP contribution in [0.5, 0.6) is 0 Å². The van der Waals surface area contributed by atoms with Crippen molar-refractivity contribution in [3.05, 3.63) is 24.0 Å². The first-order chi connectivity index (χ1) is 6.92. The van der Waals surface area contributed by atoms with Gasteiger partial charge in [-0.25, -0.2) is 8.42 Å². The minimum atomic E-state index is -2.89. The molecule has 15 heavy (non-hydrogen) atoms. The third kappa shape index (κ3) is 4.05. The van der Waals surface area contributed by atoms with Crippen molar-refractivity contribution in [2.75, 3.05) is 12.0 Å². The number of hydrogen-bond acceptors (Lipinski definition) is 3. The molecule has 0 aliphatic heterocycles. The normalized spacial score (nSPS) is 14.1. The maximum Gasteiger partial charge on any atom is 0.149 e. The number of nitrogens with zero attached hydrogens (tertiary/aromatic N) is 1. The largest absolute Gasteiger partial charge is 0.353 e. The molecule has 86 valence electrons. The Bertz CT molecular complexity index is 409. The van der Waals surface area contributed by atoms with Gasteiger partial charge in [0.25, 0.3) is 0 Å². The summed E-state index contributed by atoms with van der Waals surface area (Å²) in [5, 5.41) is 0. The molecule has 5 heteroatoms. The van der Waals surface area contributed by atoms with E-state index in [0.29, 0.717) is 6.54 Å². The number of aryl methyl sites for hydroxylation is 1. The highest BCUT2D eigenvalue weighted by Gasteiger charge is 2.06. The molecule has 0 aromatic carbocycles. The van der Waals surface area contributed by atoms with Gasteiger partial charge in [-0.3, -0.25) is 0 Å². The van der Waals surface area contributed by atoms with Gasteiger partial charge in [0.05, 0.1) is 5.75 Å². The lowest BCUT2D eigenvalue weighted by Crippen LogP contribution is -2.10. The quantitative estimate of drug-likeness (QED) is 0.818. The standard InChI is InChI=1S/C10H18N2O2S/c1-3-10(11)9-4-5-12(8-9)6-7-15(2,13)14/h4-5,8,10H,3,6-7,11H2,1-2H3. The van der Waals surface area contributed by atoms with E-state index in [1.807, 2.05) is 30.0 Å². The van der Waals surface area contributed by atoms with E-state index in [4.69, 9.17) is 5.73 Å². The Morgan fingerprint density at radius 3 is 2.73 bits per heavy atom. The van der Waals surface area contributed by atoms with Crippen molar-refractivity contribution in [1.29, 1.82) is 0 Å². The van der Waals surface area contributed by atoms with Gasteiger partial charge >= 0.3 is 0 Å². The van der Waals surface area contributed by atoms with E-state index in [0.717, 1.165) is 12.0 Å². The molecule has 0 fully saturated rings. The molecule has 1 aromatic rings. The predicted molar refractivity (Wildman–Crippen MR) is 61.4 cm³/mol. The first-order valence-corrected chi connectivity index (χ1v) is 7.07. The van der Waals surface area contributed by atoms with Crippen LogP contribution in [0, 0.1) is 0 Å². The average molecular weight is 230 g/mol. The van der Waals surface area contributed by atoms with Crippen molar-refractivity contribution < 1.29 is 8.42 Å². The van der Waals surface area contributed by atoms with E-state index in [1.165, 1.54) is 6.26 Å². The molecule has 0 spiro atoms. The third-order valence-electron chi connectivity index (χ3n) is 2.36. The van der Waals surface area contributed by atoms with E-state index in [1.54, 1.807) is 0 Å². The number of sulfone groups is 1. The van der Waals surface area contributed by atoms with Gasteiger partial charge in [-0.1, -0.05) is 6.92 Å². The molecule has 0 aliphatic rings. The zero-order chi connectivity index (χ0) is 11.5. The van der Waals surface area contributed by atoms with Crippen molar-refractivity contribution in [1.82, 2.24) is 4.57 Å². The fourth-order valence-electron chi connectivity index (χ4n) is 1.32. The van der Waals surface area contributed by atoms with E-state index in [2.05, 4.69) is 0 Å². The highest BCUT2D eigenvalue weighted by Crippen LogP contribution is 2.13. The van der Waals surface area contributed by atoms with Crippen LogP contribution in [0.1, 0.15) is 24.9 Å². The molecule has 1 heterocycles. The second-order valence-electron chi connectivity index (χ2n) is 3.83. The molecule has 4 nitrogen and oxygen atoms in total. The van der Waals surface area contributed by atoms with E-state index >= 15 is 0 Å². The zero-order valence-electron chi connectivity index (χ0n) is 9.18. The lowest BCUT2D eigenvalue weighted by molar-refractivity contribution is 0.594. The van der Waals surface area contributed by atoms with Crippen LogP contribution in [0.15, 0.2) is 18.5 Å². The summed E-state index contributed by atoms with van der Waals surface area (Å²) in [6.07, 6.45) is 5.92. The summed E-state index contributed by atoms with van der Waals surface area (Å²) in [5.41, 5.74) is 6.92. The fourth-order valence-corrected chi connectivity index (χ4v) is 1.87. The smallest absolute Gasteiger partial charge is 0.149 e. The molecule has 1 aromatic heterocycles. The van der Waals surface area contributed by atoms with Gasteiger partial charge in [0.2, 0.25) is 0 Å². The van der Waals surface area contributed by atoms with Crippen LogP contribution >= 0.6 is 0 Å². The number of nitrogens with two attached hydrogens (primary N) is 1. The molecule has 0 saturated carbocycles. The Balaban J connectivity index is 2.61. The van der Waals surface area contributed by atoms with Gasteiger partial charge in [-0.15, -0.1) is 0 Å². The highest BCUT2D eigenvalue weighted by atomic mass is 32.2. The molecule has 1 rings (SSSR count). The summed E-state index contributed by atoms with van der Waals surface area (Å²) in [4.78, 5) is 0. The predicted octanol–water partition coefficient (Wildman–Crippen LogP) is 0.943. The minimum Gasteiger partial charge on any atom is -0.353 e. The Labute approximate surface area is 91.0 Å². The zero-order valence-corrected chi connectivity index (χ0v) is 10.00. The molecular weight excluding hydrogens is 212 g/mol. The second kappa shape index (κ2) is 4.81. The van der Waals surface area contributed by atoms with Gasteiger partial charge in [-0.2, -0.15) is 0 Å². The minimum absolute atomic E-state index is 0.0458. The maximum atomic E-state index is 11.0. The van der Waals surface area contributed by atoms with Crippen LogP contribution in [0.25, 0.3) is 0 Å². The van der Waals surface area contributed by atoms with E-state index < -0.39 is 9.84 Å². The Morgan fingerprint density at radius 1 is 1.53 bits per heavy atom. The monoisotopic (exact) mass is 230 g/mol. The SMILES string of the molecule is CCC(N)c1ccn(CCS(C)(=O)=O)c1. The summed E-state index contributed by atoms with van der Waals surface area (Å²) in [5.74, 6) is 0.169. The number of hydrogen-bond donors (Lipinski definition) is 1. The maximum absolute atomic E-state index is 11.0. The van der Waals surface area contributed by atoms with Crippen molar-refractivity contribution in [3.63, 3.8) is 0 Å². The fraction of sp³-hybridized carbons (Fsp3) is 0.600. The Morgan fingerprint density at radius 2 is 2.20 bits per heavy atom. The molecule has 1 unspecified atom stereocenters. The van der Waals surface area contributed by atoms with E-state index in [-0.39, 0.29) is 11.8 Å². The van der Waals surface area contributed by atoms with Crippen molar-refractivity contribution >= 4 is 9.84 Å². The molecule has 0 aliphatic carbocycles. The topological polar surface area (TPSA) is 65.1 Å². The second-order valence-corrected chi connectivity index (χ2v) is 6.09. The Kier molecular flexibility index (Phi) is 3.93. The third-order valence-corrected chi connectivity index (χ3v) is 3.29. The lowest BCUT2D eigenvalue weighted by atomic mass is 10.1. The van der Waals surface area contributed by atoms with Gasteiger partial charge in [0.1, 0.15) is 9.84 Å². The van der Waals surface area contributed by atoms with E-state index in [9.17, 15) is 8.42 Å². The highest BCUT2D eigenvalue weighted by molar-refractivity contribution is 7.90. The van der Waals surface area contributed by atoms with Crippen LogP contribution in [-0.2, 0) is 16.4 Å². The van der Waals surface area contributed by atoms with Crippen molar-refractivity contribution in [3.8, 4) is 0 Å². The van der Waals surface area contributed by atoms with Crippen LogP contribution in [0.3, 0.4) is 0 Å². The van der Waals surface area contributed by atoms with Gasteiger partial charge < -0.3 is 10.3 Å². The molecule has 0 radical (unpaired) electrons.